The Morgan fingerprint density at radius 1 is 1.19 bits per heavy atom. The van der Waals surface area contributed by atoms with E-state index in [0.29, 0.717) is 0 Å². The van der Waals surface area contributed by atoms with Gasteiger partial charge in [-0.25, -0.2) is 9.59 Å². The van der Waals surface area contributed by atoms with Gasteiger partial charge in [0.25, 0.3) is 0 Å². The maximum Gasteiger partial charge on any atom is 0.342 e. The molecule has 16 heavy (non-hydrogen) atoms. The molecule has 0 heterocycles. The minimum absolute atomic E-state index is 0.111. The van der Waals surface area contributed by atoms with Crippen molar-refractivity contribution in [2.75, 3.05) is 6.61 Å². The minimum Gasteiger partial charge on any atom is -0.504 e. The van der Waals surface area contributed by atoms with Crippen molar-refractivity contribution >= 4 is 11.9 Å². The predicted molar refractivity (Wildman–Crippen MR) is 52.7 cm³/mol. The maximum atomic E-state index is 11.3. The summed E-state index contributed by atoms with van der Waals surface area (Å²) in [7, 11) is 0. The summed E-state index contributed by atoms with van der Waals surface area (Å²) in [4.78, 5) is 21.9. The zero-order chi connectivity index (χ0) is 12.3. The highest BCUT2D eigenvalue weighted by molar-refractivity contribution is 5.98. The van der Waals surface area contributed by atoms with Crippen LogP contribution >= 0.6 is 0 Å². The Hall–Kier alpha value is -2.24. The van der Waals surface area contributed by atoms with Crippen LogP contribution in [0.5, 0.6) is 11.5 Å². The van der Waals surface area contributed by atoms with Crippen molar-refractivity contribution in [3.8, 4) is 11.5 Å². The summed E-state index contributed by atoms with van der Waals surface area (Å²) in [5.74, 6) is -3.87. The number of aromatic carboxylic acids is 1. The molecule has 0 radical (unpaired) electrons. The topological polar surface area (TPSA) is 104 Å². The lowest BCUT2D eigenvalue weighted by Gasteiger charge is -2.07. The number of aromatic hydroxyl groups is 2. The Morgan fingerprint density at radius 2 is 1.69 bits per heavy atom. The molecular formula is C10H10O6. The molecule has 0 spiro atoms. The van der Waals surface area contributed by atoms with Crippen molar-refractivity contribution < 1.29 is 29.6 Å². The molecule has 0 aliphatic rings. The molecule has 0 unspecified atom stereocenters. The third-order valence-electron chi connectivity index (χ3n) is 1.88. The van der Waals surface area contributed by atoms with Gasteiger partial charge in [0.15, 0.2) is 11.5 Å². The molecule has 0 atom stereocenters. The van der Waals surface area contributed by atoms with Gasteiger partial charge in [0.05, 0.1) is 6.61 Å². The summed E-state index contributed by atoms with van der Waals surface area (Å²) in [6.45, 7) is 1.69. The molecule has 0 aliphatic carbocycles. The monoisotopic (exact) mass is 226 g/mol. The highest BCUT2D eigenvalue weighted by Gasteiger charge is 2.20. The fourth-order valence-corrected chi connectivity index (χ4v) is 1.13. The second kappa shape index (κ2) is 4.52. The predicted octanol–water partition coefficient (Wildman–Crippen LogP) is 0.973. The number of carbonyl (C=O) groups excluding carboxylic acids is 1. The molecule has 0 saturated carbocycles. The van der Waals surface area contributed by atoms with E-state index in [1.165, 1.54) is 0 Å². The Morgan fingerprint density at radius 3 is 2.19 bits per heavy atom. The quantitative estimate of drug-likeness (QED) is 0.524. The average Bonchev–Trinajstić information content (AvgIpc) is 2.21. The van der Waals surface area contributed by atoms with Gasteiger partial charge in [-0.05, 0) is 19.1 Å². The van der Waals surface area contributed by atoms with Gasteiger partial charge in [0.1, 0.15) is 11.1 Å². The molecule has 0 saturated heterocycles. The van der Waals surface area contributed by atoms with Crippen LogP contribution in [0.4, 0.5) is 0 Å². The first-order valence-electron chi connectivity index (χ1n) is 4.44. The third-order valence-corrected chi connectivity index (χ3v) is 1.88. The summed E-state index contributed by atoms with van der Waals surface area (Å²) in [6.07, 6.45) is 0. The largest absolute Gasteiger partial charge is 0.504 e. The van der Waals surface area contributed by atoms with Crippen LogP contribution in [0, 0.1) is 0 Å². The molecule has 0 aliphatic heterocycles. The van der Waals surface area contributed by atoms with Crippen LogP contribution in [0.3, 0.4) is 0 Å². The number of hydrogen-bond acceptors (Lipinski definition) is 5. The molecule has 1 rings (SSSR count). The number of carboxylic acid groups (broad SMARTS) is 1. The van der Waals surface area contributed by atoms with Gasteiger partial charge in [-0.3, -0.25) is 0 Å². The van der Waals surface area contributed by atoms with E-state index in [4.69, 9.17) is 5.11 Å². The maximum absolute atomic E-state index is 11.3. The smallest absolute Gasteiger partial charge is 0.342 e. The van der Waals surface area contributed by atoms with Gasteiger partial charge in [0.2, 0.25) is 0 Å². The molecular weight excluding hydrogens is 216 g/mol. The van der Waals surface area contributed by atoms with E-state index in [0.717, 1.165) is 12.1 Å². The zero-order valence-corrected chi connectivity index (χ0v) is 8.43. The van der Waals surface area contributed by atoms with Gasteiger partial charge >= 0.3 is 11.9 Å². The van der Waals surface area contributed by atoms with Gasteiger partial charge < -0.3 is 20.1 Å². The molecule has 0 fully saturated rings. The van der Waals surface area contributed by atoms with Gasteiger partial charge in [-0.15, -0.1) is 0 Å². The number of benzene rings is 1. The fraction of sp³-hybridized carbons (Fsp3) is 0.200. The van der Waals surface area contributed by atoms with E-state index >= 15 is 0 Å². The molecule has 6 nitrogen and oxygen atoms in total. The van der Waals surface area contributed by atoms with Crippen molar-refractivity contribution in [2.24, 2.45) is 0 Å². The summed E-state index contributed by atoms with van der Waals surface area (Å²) in [5.41, 5.74) is -0.755. The van der Waals surface area contributed by atoms with Gasteiger partial charge in [0, 0.05) is 0 Å². The molecule has 0 aromatic heterocycles. The number of rotatable bonds is 3. The Bertz CT molecular complexity index is 437. The summed E-state index contributed by atoms with van der Waals surface area (Å²) in [6, 6.07) is 2.10. The molecule has 0 bridgehead atoms. The van der Waals surface area contributed by atoms with E-state index in [9.17, 15) is 19.8 Å². The number of ether oxygens (including phenoxy) is 1. The highest BCUT2D eigenvalue weighted by Crippen LogP contribution is 2.32. The number of esters is 1. The molecule has 1 aromatic carbocycles. The van der Waals surface area contributed by atoms with Crippen LogP contribution in [0.1, 0.15) is 27.6 Å². The van der Waals surface area contributed by atoms with Gasteiger partial charge in [-0.2, -0.15) is 0 Å². The second-order valence-corrected chi connectivity index (χ2v) is 2.88. The van der Waals surface area contributed by atoms with Crippen LogP contribution < -0.4 is 0 Å². The van der Waals surface area contributed by atoms with Crippen molar-refractivity contribution in [1.82, 2.24) is 0 Å². The van der Waals surface area contributed by atoms with E-state index in [1.54, 1.807) is 6.92 Å². The summed E-state index contributed by atoms with van der Waals surface area (Å²) >= 11 is 0. The minimum atomic E-state index is -1.40. The first-order chi connectivity index (χ1) is 7.49. The first kappa shape index (κ1) is 11.8. The van der Waals surface area contributed by atoms with Crippen molar-refractivity contribution in [3.63, 3.8) is 0 Å². The fourth-order valence-electron chi connectivity index (χ4n) is 1.13. The van der Waals surface area contributed by atoms with Crippen LogP contribution in [-0.4, -0.2) is 33.9 Å². The standard InChI is InChI=1S/C10H10O6/c1-2-16-10(15)6-4-3-5(9(13)14)7(11)8(6)12/h3-4,11-12H,2H2,1H3,(H,13,14). The molecule has 6 heteroatoms. The molecule has 0 amide bonds. The lowest BCUT2D eigenvalue weighted by molar-refractivity contribution is 0.0520. The third kappa shape index (κ3) is 2.05. The second-order valence-electron chi connectivity index (χ2n) is 2.88. The van der Waals surface area contributed by atoms with E-state index in [-0.39, 0.29) is 12.2 Å². The average molecular weight is 226 g/mol. The van der Waals surface area contributed by atoms with Crippen LogP contribution in [0.2, 0.25) is 0 Å². The van der Waals surface area contributed by atoms with Crippen LogP contribution in [0.15, 0.2) is 12.1 Å². The number of hydrogen-bond donors (Lipinski definition) is 3. The van der Waals surface area contributed by atoms with Crippen molar-refractivity contribution in [1.29, 1.82) is 0 Å². The SMILES string of the molecule is CCOC(=O)c1ccc(C(=O)O)c(O)c1O. The first-order valence-corrected chi connectivity index (χ1v) is 4.44. The lowest BCUT2D eigenvalue weighted by Crippen LogP contribution is -2.06. The Kier molecular flexibility index (Phi) is 3.34. The zero-order valence-electron chi connectivity index (χ0n) is 8.43. The number of phenolic OH excluding ortho intramolecular Hbond substituents is 1. The Balaban J connectivity index is 3.21. The van der Waals surface area contributed by atoms with Crippen LogP contribution in [0.25, 0.3) is 0 Å². The number of phenols is 2. The highest BCUT2D eigenvalue weighted by atomic mass is 16.5. The van der Waals surface area contributed by atoms with E-state index in [2.05, 4.69) is 4.74 Å². The number of carboxylic acids is 1. The lowest BCUT2D eigenvalue weighted by atomic mass is 10.1. The number of carbonyl (C=O) groups is 2. The van der Waals surface area contributed by atoms with E-state index in [1.807, 2.05) is 0 Å². The Labute approximate surface area is 90.7 Å². The van der Waals surface area contributed by atoms with E-state index < -0.39 is 29.0 Å². The molecule has 1 aromatic rings. The molecule has 86 valence electrons. The van der Waals surface area contributed by atoms with Crippen molar-refractivity contribution in [3.05, 3.63) is 23.3 Å². The van der Waals surface area contributed by atoms with Gasteiger partial charge in [-0.1, -0.05) is 0 Å². The summed E-state index contributed by atoms with van der Waals surface area (Å²) in [5, 5.41) is 27.4. The normalized spacial score (nSPS) is 9.81. The summed E-state index contributed by atoms with van der Waals surface area (Å²) < 4.78 is 4.61. The molecule has 3 N–H and O–H groups in total. The van der Waals surface area contributed by atoms with Crippen LogP contribution in [-0.2, 0) is 4.74 Å². The van der Waals surface area contributed by atoms with Crippen molar-refractivity contribution in [2.45, 2.75) is 6.92 Å².